The second-order valence-corrected chi connectivity index (χ2v) is 9.74. The van der Waals surface area contributed by atoms with Crippen LogP contribution >= 0.6 is 0 Å². The highest BCUT2D eigenvalue weighted by Crippen LogP contribution is 2.64. The van der Waals surface area contributed by atoms with Gasteiger partial charge in [0.2, 0.25) is 0 Å². The van der Waals surface area contributed by atoms with Crippen LogP contribution in [0.25, 0.3) is 0 Å². The first kappa shape index (κ1) is 49.7. The Morgan fingerprint density at radius 3 is 1.16 bits per heavy atom. The number of rotatable bonds is 24. The molecule has 0 aromatic heterocycles. The molecule has 0 saturated carbocycles. The number of quaternary nitrogens is 2. The van der Waals surface area contributed by atoms with Gasteiger partial charge in [0.1, 0.15) is 0 Å². The lowest BCUT2D eigenvalue weighted by atomic mass is 9.88. The average molecular weight is 786 g/mol. The van der Waals surface area contributed by atoms with Gasteiger partial charge in [-0.25, -0.2) is 0 Å². The first-order chi connectivity index (χ1) is 22.5. The third-order valence-corrected chi connectivity index (χ3v) is 5.82. The van der Waals surface area contributed by atoms with Crippen LogP contribution < -0.4 is 16.6 Å². The van der Waals surface area contributed by atoms with Gasteiger partial charge in [-0.05, 0) is 6.42 Å². The predicted molar refractivity (Wildman–Crippen MR) is 128 cm³/mol. The first-order valence-corrected chi connectivity index (χ1v) is 13.9. The van der Waals surface area contributed by atoms with Crippen LogP contribution in [0.4, 0.5) is 74.6 Å². The normalized spacial score (nSPS) is 13.9. The molecule has 0 aliphatic rings. The maximum absolute atomic E-state index is 13.5. The van der Waals surface area contributed by atoms with E-state index >= 15 is 0 Å². The van der Waals surface area contributed by atoms with E-state index in [9.17, 15) is 89.3 Å². The second kappa shape index (κ2) is 20.0. The van der Waals surface area contributed by atoms with Crippen molar-refractivity contribution in [2.45, 2.75) is 79.7 Å². The summed E-state index contributed by atoms with van der Waals surface area (Å²) in [6.45, 7) is 3.93. The van der Waals surface area contributed by atoms with Crippen molar-refractivity contribution in [3.63, 3.8) is 0 Å². The highest BCUT2D eigenvalue weighted by Gasteiger charge is 2.95. The maximum Gasteiger partial charge on any atom is 0.460 e. The van der Waals surface area contributed by atoms with Gasteiger partial charge in [-0.1, -0.05) is 0 Å². The molecule has 0 fully saturated rings. The van der Waals surface area contributed by atoms with Gasteiger partial charge < -0.3 is 40.3 Å². The van der Waals surface area contributed by atoms with Crippen molar-refractivity contribution in [1.29, 1.82) is 0 Å². The van der Waals surface area contributed by atoms with Crippen LogP contribution in [0.15, 0.2) is 0 Å². The molecule has 0 aromatic carbocycles. The Morgan fingerprint density at radius 1 is 0.480 bits per heavy atom. The van der Waals surface area contributed by atoms with Crippen molar-refractivity contribution >= 4 is 11.9 Å². The number of carboxylic acids is 1. The van der Waals surface area contributed by atoms with Gasteiger partial charge in [0.15, 0.2) is 0 Å². The Morgan fingerprint density at radius 2 is 0.820 bits per heavy atom. The summed E-state index contributed by atoms with van der Waals surface area (Å²) in [5.41, 5.74) is 7.47. The summed E-state index contributed by atoms with van der Waals surface area (Å²) in [5.74, 6) is -61.0. The standard InChI is InChI=1S/C14H9F17O4.C10H24N2O3/c15-7(16,3-4-35-6(34)2-1-5(32)33)8(17,18)9(19,20)10(21,22)11(23,24)12(25,26)13(27,28)14(29,30)31;11-3-1-5-13-7-9-15-10-8-14-6-2-4-12/h1-4H2,(H,32,33);1-12H2/p+1. The van der Waals surface area contributed by atoms with E-state index in [4.69, 9.17) is 14.2 Å². The Labute approximate surface area is 271 Å². The molecule has 0 radical (unpaired) electrons. The Bertz CT molecular complexity index is 1000. The summed E-state index contributed by atoms with van der Waals surface area (Å²) in [4.78, 5) is 20.9. The zero-order valence-electron chi connectivity index (χ0n) is 25.6. The lowest BCUT2D eigenvalue weighted by Gasteiger charge is -2.42. The molecule has 300 valence electrons. The van der Waals surface area contributed by atoms with Gasteiger partial charge in [0.05, 0.1) is 72.2 Å². The van der Waals surface area contributed by atoms with Gasteiger partial charge in [-0.2, -0.15) is 74.6 Å². The van der Waals surface area contributed by atoms with E-state index in [1.165, 1.54) is 0 Å². The van der Waals surface area contributed by atoms with Crippen LogP contribution in [0, 0.1) is 0 Å². The van der Waals surface area contributed by atoms with E-state index in [0.29, 0.717) is 26.4 Å². The summed E-state index contributed by atoms with van der Waals surface area (Å²) in [6, 6.07) is 0. The molecule has 0 aliphatic heterocycles. The topological polar surface area (TPSA) is 149 Å². The van der Waals surface area contributed by atoms with Crippen molar-refractivity contribution in [3.05, 3.63) is 0 Å². The van der Waals surface area contributed by atoms with Gasteiger partial charge in [0.25, 0.3) is 0 Å². The second-order valence-electron chi connectivity index (χ2n) is 9.74. The quantitative estimate of drug-likeness (QED) is 0.0869. The summed E-state index contributed by atoms with van der Waals surface area (Å²) in [5, 5.41) is 10.0. The highest BCUT2D eigenvalue weighted by atomic mass is 19.4. The molecule has 6 N–H and O–H groups in total. The molecule has 0 heterocycles. The Balaban J connectivity index is 0. The van der Waals surface area contributed by atoms with Crippen molar-refractivity contribution in [1.82, 2.24) is 0 Å². The van der Waals surface area contributed by atoms with Gasteiger partial charge in [0, 0.05) is 18.8 Å². The number of ether oxygens (including phenoxy) is 4. The molecule has 0 bridgehead atoms. The summed E-state index contributed by atoms with van der Waals surface area (Å²) in [6.07, 6.45) is -11.1. The van der Waals surface area contributed by atoms with Crippen LogP contribution in [-0.4, -0.2) is 119 Å². The number of alkyl halides is 17. The van der Waals surface area contributed by atoms with Crippen molar-refractivity contribution in [3.8, 4) is 0 Å². The van der Waals surface area contributed by atoms with E-state index < -0.39 is 85.4 Å². The number of esters is 1. The highest BCUT2D eigenvalue weighted by molar-refractivity contribution is 5.75. The maximum atomic E-state index is 13.5. The van der Waals surface area contributed by atoms with Crippen LogP contribution in [0.3, 0.4) is 0 Å². The zero-order valence-corrected chi connectivity index (χ0v) is 25.6. The molecule has 26 heteroatoms. The van der Waals surface area contributed by atoms with Crippen LogP contribution in [-0.2, 0) is 28.5 Å². The molecule has 0 aliphatic carbocycles. The Kier molecular flexibility index (Phi) is 19.8. The van der Waals surface area contributed by atoms with E-state index in [1.54, 1.807) is 0 Å². The fraction of sp³-hybridized carbons (Fsp3) is 0.917. The minimum absolute atomic E-state index is 0.649. The minimum atomic E-state index is -8.72. The largest absolute Gasteiger partial charge is 0.550 e. The minimum Gasteiger partial charge on any atom is -0.550 e. The fourth-order valence-electron chi connectivity index (χ4n) is 2.87. The molecule has 0 spiro atoms. The zero-order chi connectivity index (χ0) is 39.9. The van der Waals surface area contributed by atoms with E-state index in [2.05, 4.69) is 16.2 Å². The average Bonchev–Trinajstić information content (AvgIpc) is 2.98. The molecule has 0 unspecified atom stereocenters. The summed E-state index contributed by atoms with van der Waals surface area (Å²) >= 11 is 0. The molecule has 50 heavy (non-hydrogen) atoms. The molecular formula is C24H34F17N2O7+. The van der Waals surface area contributed by atoms with E-state index in [0.717, 1.165) is 39.1 Å². The van der Waals surface area contributed by atoms with E-state index in [1.807, 2.05) is 0 Å². The lowest BCUT2D eigenvalue weighted by molar-refractivity contribution is -0.461. The SMILES string of the molecule is O=C([O-])CCC(=O)OCCC(F)(F)C(F)(F)C(F)(F)C(F)(F)C(F)(F)C(F)(F)C(F)(F)C(F)(F)F.[NH3+]CCCOCCOCCOCCC[NH3+]. The van der Waals surface area contributed by atoms with Gasteiger partial charge in [-0.3, -0.25) is 4.79 Å². The number of hydrogen-bond donors (Lipinski definition) is 2. The Hall–Kier alpha value is -2.45. The molecule has 0 rings (SSSR count). The number of carboxylic acid groups (broad SMARTS) is 1. The number of halogens is 17. The van der Waals surface area contributed by atoms with Crippen LogP contribution in [0.2, 0.25) is 0 Å². The summed E-state index contributed by atoms with van der Waals surface area (Å²) in [7, 11) is 0. The predicted octanol–water partition coefficient (Wildman–Crippen LogP) is 2.76. The number of carbonyl (C=O) groups is 2. The molecule has 0 atom stereocenters. The lowest BCUT2D eigenvalue weighted by Crippen LogP contribution is -2.74. The number of hydrogen-bond acceptors (Lipinski definition) is 7. The summed E-state index contributed by atoms with van der Waals surface area (Å²) < 4.78 is 241. The molecule has 0 amide bonds. The van der Waals surface area contributed by atoms with Crippen LogP contribution in [0.1, 0.15) is 32.1 Å². The number of aliphatic carboxylic acids is 1. The van der Waals surface area contributed by atoms with Crippen molar-refractivity contribution in [2.24, 2.45) is 0 Å². The van der Waals surface area contributed by atoms with Crippen molar-refractivity contribution in [2.75, 3.05) is 59.3 Å². The van der Waals surface area contributed by atoms with E-state index in [-0.39, 0.29) is 0 Å². The third-order valence-electron chi connectivity index (χ3n) is 5.82. The molecule has 0 saturated heterocycles. The van der Waals surface area contributed by atoms with Crippen LogP contribution in [0.5, 0.6) is 0 Å². The monoisotopic (exact) mass is 785 g/mol. The van der Waals surface area contributed by atoms with Gasteiger partial charge >= 0.3 is 53.6 Å². The van der Waals surface area contributed by atoms with Gasteiger partial charge in [-0.15, -0.1) is 0 Å². The number of carbonyl (C=O) groups excluding carboxylic acids is 2. The third kappa shape index (κ3) is 12.6. The molecule has 9 nitrogen and oxygen atoms in total. The molecular weight excluding hydrogens is 751 g/mol. The smallest absolute Gasteiger partial charge is 0.460 e. The molecule has 0 aromatic rings. The first-order valence-electron chi connectivity index (χ1n) is 13.9. The van der Waals surface area contributed by atoms with Crippen molar-refractivity contribution < 1.29 is 120 Å². The fourth-order valence-corrected chi connectivity index (χ4v) is 2.87.